The molecule has 1 heterocycles. The van der Waals surface area contributed by atoms with Gasteiger partial charge in [-0.15, -0.1) is 0 Å². The number of carbonyl (C=O) groups excluding carboxylic acids is 1. The molecule has 0 unspecified atom stereocenters. The fourth-order valence-corrected chi connectivity index (χ4v) is 4.97. The van der Waals surface area contributed by atoms with Gasteiger partial charge in [0.1, 0.15) is 11.4 Å². The molecule has 0 spiro atoms. The zero-order valence-electron chi connectivity index (χ0n) is 20.0. The number of hydrogen-bond acceptors (Lipinski definition) is 2. The molecule has 2 aromatic carbocycles. The summed E-state index contributed by atoms with van der Waals surface area (Å²) in [5.41, 5.74) is -2.27. The van der Waals surface area contributed by atoms with Crippen molar-refractivity contribution in [3.63, 3.8) is 0 Å². The molecule has 0 radical (unpaired) electrons. The molecule has 4 rings (SSSR count). The van der Waals surface area contributed by atoms with Crippen LogP contribution >= 0.6 is 22.6 Å². The van der Waals surface area contributed by atoms with Crippen LogP contribution in [0.4, 0.5) is 31.1 Å². The molecule has 202 valence electrons. The maximum Gasteiger partial charge on any atom is 0.416 e. The Labute approximate surface area is 229 Å². The topological polar surface area (TPSA) is 54.0 Å². The summed E-state index contributed by atoms with van der Waals surface area (Å²) in [6.45, 7) is 0. The Hall–Kier alpha value is -2.83. The average molecular weight is 647 g/mol. The van der Waals surface area contributed by atoms with Crippen molar-refractivity contribution in [1.82, 2.24) is 15.6 Å². The fraction of sp³-hybridized carbons (Fsp3) is 0.333. The third kappa shape index (κ3) is 6.78. The van der Waals surface area contributed by atoms with E-state index in [1.165, 1.54) is 6.20 Å². The van der Waals surface area contributed by atoms with Gasteiger partial charge < -0.3 is 10.6 Å². The minimum Gasteiger partial charge on any atom is -0.335 e. The Morgan fingerprint density at radius 2 is 1.66 bits per heavy atom. The van der Waals surface area contributed by atoms with Crippen LogP contribution in [0.25, 0.3) is 0 Å². The number of hydrogen-bond donors (Lipinski definition) is 2. The highest BCUT2D eigenvalue weighted by atomic mass is 127. The molecule has 1 saturated carbocycles. The lowest BCUT2D eigenvalue weighted by Gasteiger charge is -2.37. The zero-order chi connectivity index (χ0) is 27.6. The summed E-state index contributed by atoms with van der Waals surface area (Å²) >= 11 is 2.02. The number of nitrogens with zero attached hydrogens (tertiary/aromatic N) is 1. The Morgan fingerprint density at radius 1 is 1.00 bits per heavy atom. The fourth-order valence-electron chi connectivity index (χ4n) is 4.65. The average Bonchev–Trinajstić information content (AvgIpc) is 2.85. The summed E-state index contributed by atoms with van der Waals surface area (Å²) in [6.07, 6.45) is -4.08. The first-order valence-corrected chi connectivity index (χ1v) is 12.9. The summed E-state index contributed by atoms with van der Waals surface area (Å²) in [6, 6.07) is 12.7. The minimum atomic E-state index is -4.84. The number of rotatable bonds is 6. The van der Waals surface area contributed by atoms with Crippen LogP contribution < -0.4 is 10.6 Å². The van der Waals surface area contributed by atoms with Gasteiger partial charge in [-0.25, -0.2) is 18.0 Å². The first kappa shape index (κ1) is 28.2. The van der Waals surface area contributed by atoms with Crippen LogP contribution in [0.15, 0.2) is 66.9 Å². The first-order valence-electron chi connectivity index (χ1n) is 11.9. The van der Waals surface area contributed by atoms with Crippen LogP contribution in [0, 0.1) is 9.39 Å². The van der Waals surface area contributed by atoms with Crippen LogP contribution in [-0.4, -0.2) is 23.0 Å². The van der Waals surface area contributed by atoms with Crippen LogP contribution in [0.2, 0.25) is 0 Å². The molecule has 0 saturated heterocycles. The van der Waals surface area contributed by atoms with Gasteiger partial charge in [-0.05, 0) is 76.9 Å². The second kappa shape index (κ2) is 11.1. The minimum absolute atomic E-state index is 0.0477. The van der Waals surface area contributed by atoms with Crippen LogP contribution in [0.1, 0.15) is 48.1 Å². The van der Waals surface area contributed by atoms with Crippen molar-refractivity contribution in [2.45, 2.75) is 55.8 Å². The Kier molecular flexibility index (Phi) is 8.24. The molecule has 11 heteroatoms. The molecule has 4 nitrogen and oxygen atoms in total. The third-order valence-corrected chi connectivity index (χ3v) is 7.21. The quantitative estimate of drug-likeness (QED) is 0.220. The van der Waals surface area contributed by atoms with Gasteiger partial charge >= 0.3 is 12.2 Å². The van der Waals surface area contributed by atoms with E-state index in [1.54, 1.807) is 42.5 Å². The van der Waals surface area contributed by atoms with E-state index < -0.39 is 41.1 Å². The summed E-state index contributed by atoms with van der Waals surface area (Å²) in [5.74, 6) is -3.93. The SMILES string of the molecule is O=C(NC1CCC(F)(F)CC1)N[C@@](Cc1ccccc1)(c1cc(F)cc(C(F)(F)F)c1)c1ccc(I)cn1. The number of amides is 2. The zero-order valence-corrected chi connectivity index (χ0v) is 22.1. The van der Waals surface area contributed by atoms with E-state index in [9.17, 15) is 31.1 Å². The van der Waals surface area contributed by atoms with E-state index in [-0.39, 0.29) is 43.4 Å². The predicted molar refractivity (Wildman–Crippen MR) is 138 cm³/mol. The summed E-state index contributed by atoms with van der Waals surface area (Å²) in [4.78, 5) is 17.7. The lowest BCUT2D eigenvalue weighted by molar-refractivity contribution is -0.137. The van der Waals surface area contributed by atoms with Gasteiger partial charge in [0.15, 0.2) is 0 Å². The van der Waals surface area contributed by atoms with Crippen molar-refractivity contribution in [2.75, 3.05) is 0 Å². The maximum atomic E-state index is 14.7. The normalized spacial score (nSPS) is 17.4. The predicted octanol–water partition coefficient (Wildman–Crippen LogP) is 7.21. The van der Waals surface area contributed by atoms with Gasteiger partial charge in [0.2, 0.25) is 5.92 Å². The van der Waals surface area contributed by atoms with Gasteiger partial charge in [0.25, 0.3) is 0 Å². The molecule has 0 aliphatic heterocycles. The number of halogens is 7. The molecular formula is C27H24F6IN3O. The third-order valence-electron chi connectivity index (χ3n) is 6.57. The Balaban J connectivity index is 1.82. The van der Waals surface area contributed by atoms with Crippen molar-refractivity contribution in [3.8, 4) is 0 Å². The number of alkyl halides is 5. The van der Waals surface area contributed by atoms with Crippen molar-refractivity contribution >= 4 is 28.6 Å². The molecule has 1 aliphatic carbocycles. The second-order valence-corrected chi connectivity index (χ2v) is 10.6. The number of urea groups is 1. The van der Waals surface area contributed by atoms with Crippen LogP contribution in [0.5, 0.6) is 0 Å². The highest BCUT2D eigenvalue weighted by Crippen LogP contribution is 2.38. The molecular weight excluding hydrogens is 623 g/mol. The monoisotopic (exact) mass is 647 g/mol. The molecule has 1 aromatic heterocycles. The van der Waals surface area contributed by atoms with E-state index in [0.717, 1.165) is 15.7 Å². The molecule has 1 aliphatic rings. The lowest BCUT2D eigenvalue weighted by atomic mass is 9.79. The first-order chi connectivity index (χ1) is 17.9. The molecule has 1 atom stereocenters. The standard InChI is InChI=1S/C27H24F6IN3O/c28-20-13-18(12-19(14-20)27(31,32)33)26(15-17-4-2-1-3-5-17,23-7-6-21(34)16-35-23)37-24(38)36-22-8-10-25(29,30)11-9-22/h1-7,12-14,16,22H,8-11,15H2,(H2,36,37,38)/t26-/m0/s1. The van der Waals surface area contributed by atoms with Gasteiger partial charge in [0.05, 0.1) is 11.3 Å². The van der Waals surface area contributed by atoms with Crippen LogP contribution in [0.3, 0.4) is 0 Å². The number of pyridine rings is 1. The largest absolute Gasteiger partial charge is 0.416 e. The van der Waals surface area contributed by atoms with Crippen LogP contribution in [-0.2, 0) is 18.1 Å². The van der Waals surface area contributed by atoms with E-state index in [2.05, 4.69) is 15.6 Å². The van der Waals surface area contributed by atoms with Crippen molar-refractivity contribution in [3.05, 3.63) is 98.6 Å². The van der Waals surface area contributed by atoms with E-state index >= 15 is 0 Å². The summed E-state index contributed by atoms with van der Waals surface area (Å²) in [7, 11) is 0. The van der Waals surface area contributed by atoms with E-state index in [0.29, 0.717) is 11.6 Å². The van der Waals surface area contributed by atoms with Crippen molar-refractivity contribution < 1.29 is 31.1 Å². The highest BCUT2D eigenvalue weighted by molar-refractivity contribution is 14.1. The molecule has 0 bridgehead atoms. The van der Waals surface area contributed by atoms with Gasteiger partial charge in [-0.1, -0.05) is 30.3 Å². The Morgan fingerprint density at radius 3 is 2.26 bits per heavy atom. The number of benzene rings is 2. The molecule has 2 amide bonds. The van der Waals surface area contributed by atoms with Gasteiger partial charge in [0, 0.05) is 35.1 Å². The summed E-state index contributed by atoms with van der Waals surface area (Å²) in [5, 5.41) is 5.45. The second-order valence-electron chi connectivity index (χ2n) is 9.38. The molecule has 38 heavy (non-hydrogen) atoms. The Bertz CT molecular complexity index is 1260. The van der Waals surface area contributed by atoms with Crippen molar-refractivity contribution in [2.24, 2.45) is 0 Å². The lowest BCUT2D eigenvalue weighted by Crippen LogP contribution is -2.55. The number of carbonyl (C=O) groups is 1. The van der Waals surface area contributed by atoms with Gasteiger partial charge in [-0.3, -0.25) is 4.98 Å². The number of nitrogens with one attached hydrogen (secondary N) is 2. The number of aromatic nitrogens is 1. The highest BCUT2D eigenvalue weighted by Gasteiger charge is 2.42. The van der Waals surface area contributed by atoms with E-state index in [4.69, 9.17) is 0 Å². The molecule has 1 fully saturated rings. The maximum absolute atomic E-state index is 14.7. The van der Waals surface area contributed by atoms with Gasteiger partial charge in [-0.2, -0.15) is 13.2 Å². The van der Waals surface area contributed by atoms with Crippen molar-refractivity contribution in [1.29, 1.82) is 0 Å². The molecule has 2 N–H and O–H groups in total. The summed E-state index contributed by atoms with van der Waals surface area (Å²) < 4.78 is 83.8. The molecule has 3 aromatic rings. The smallest absolute Gasteiger partial charge is 0.335 e. The van der Waals surface area contributed by atoms with E-state index in [1.807, 2.05) is 22.6 Å².